The van der Waals surface area contributed by atoms with E-state index in [0.717, 1.165) is 21.6 Å². The van der Waals surface area contributed by atoms with E-state index in [0.29, 0.717) is 29.2 Å². The van der Waals surface area contributed by atoms with E-state index < -0.39 is 5.97 Å². The molecule has 0 saturated heterocycles. The van der Waals surface area contributed by atoms with Crippen molar-refractivity contribution in [1.82, 2.24) is 0 Å². The van der Waals surface area contributed by atoms with Crippen LogP contribution in [0.3, 0.4) is 0 Å². The molecule has 0 aliphatic rings. The lowest BCUT2D eigenvalue weighted by molar-refractivity contribution is -0.142. The van der Waals surface area contributed by atoms with Crippen molar-refractivity contribution in [2.45, 2.75) is 23.5 Å². The molecule has 3 rings (SSSR count). The molecule has 3 aromatic rings. The van der Waals surface area contributed by atoms with Crippen molar-refractivity contribution in [3.8, 4) is 11.5 Å². The highest BCUT2D eigenvalue weighted by Gasteiger charge is 2.10. The minimum absolute atomic E-state index is 0.193. The van der Waals surface area contributed by atoms with Crippen LogP contribution in [0.2, 0.25) is 0 Å². The molecule has 0 unspecified atom stereocenters. The fourth-order valence-electron chi connectivity index (χ4n) is 3.26. The van der Waals surface area contributed by atoms with E-state index in [4.69, 9.17) is 14.2 Å². The van der Waals surface area contributed by atoms with Crippen molar-refractivity contribution < 1.29 is 28.9 Å². The van der Waals surface area contributed by atoms with Gasteiger partial charge in [-0.15, -0.1) is 11.8 Å². The van der Waals surface area contributed by atoms with Crippen molar-refractivity contribution >= 4 is 23.7 Å². The molecule has 0 aliphatic heterocycles. The number of carbonyl (C=O) groups is 2. The molecular weight excluding hydrogens is 440 g/mol. The molecule has 0 radical (unpaired) electrons. The molecule has 0 atom stereocenters. The van der Waals surface area contributed by atoms with Crippen LogP contribution in [0.15, 0.2) is 71.6 Å². The molecule has 0 aromatic heterocycles. The maximum atomic E-state index is 12.2. The number of rotatable bonds is 11. The molecule has 0 fully saturated rings. The monoisotopic (exact) mass is 466 g/mol. The van der Waals surface area contributed by atoms with Crippen LogP contribution in [0.25, 0.3) is 0 Å². The third kappa shape index (κ3) is 7.02. The van der Waals surface area contributed by atoms with Gasteiger partial charge in [-0.05, 0) is 47.0 Å². The number of aromatic carboxylic acids is 1. The molecule has 0 amide bonds. The minimum Gasteiger partial charge on any atom is -0.493 e. The maximum Gasteiger partial charge on any atom is 0.335 e. The molecule has 0 aliphatic carbocycles. The summed E-state index contributed by atoms with van der Waals surface area (Å²) in [5.74, 6) is 0.647. The first kappa shape index (κ1) is 24.2. The Morgan fingerprint density at radius 2 is 1.58 bits per heavy atom. The van der Waals surface area contributed by atoms with Crippen LogP contribution < -0.4 is 9.47 Å². The summed E-state index contributed by atoms with van der Waals surface area (Å²) < 4.78 is 15.9. The Morgan fingerprint density at radius 1 is 0.879 bits per heavy atom. The van der Waals surface area contributed by atoms with Crippen LogP contribution in [-0.2, 0) is 28.1 Å². The summed E-state index contributed by atoms with van der Waals surface area (Å²) in [7, 11) is 3.17. The SMILES string of the molecule is COc1ccc(CCOC(=O)Cc2ccc(SCc3ccccc3C(=O)O)cc2)cc1OC. The van der Waals surface area contributed by atoms with Gasteiger partial charge in [-0.25, -0.2) is 4.79 Å². The number of ether oxygens (including phenoxy) is 3. The van der Waals surface area contributed by atoms with Crippen LogP contribution in [-0.4, -0.2) is 37.9 Å². The predicted molar refractivity (Wildman–Crippen MR) is 127 cm³/mol. The van der Waals surface area contributed by atoms with Gasteiger partial charge in [0.25, 0.3) is 0 Å². The molecule has 0 heterocycles. The predicted octanol–water partition coefficient (Wildman–Crippen LogP) is 5.02. The molecule has 0 saturated carbocycles. The Labute approximate surface area is 197 Å². The van der Waals surface area contributed by atoms with E-state index >= 15 is 0 Å². The highest BCUT2D eigenvalue weighted by atomic mass is 32.2. The van der Waals surface area contributed by atoms with Gasteiger partial charge in [0.05, 0.1) is 32.8 Å². The molecule has 6 nitrogen and oxygen atoms in total. The second-order valence-electron chi connectivity index (χ2n) is 7.23. The standard InChI is InChI=1S/C26H26O6S/c1-30-23-12-9-19(15-24(23)31-2)13-14-32-25(27)16-18-7-10-21(11-8-18)33-17-20-5-3-4-6-22(20)26(28)29/h3-12,15H,13-14,16-17H2,1-2H3,(H,28,29). The first-order valence-corrected chi connectivity index (χ1v) is 11.4. The summed E-state index contributed by atoms with van der Waals surface area (Å²) in [5.41, 5.74) is 2.95. The summed E-state index contributed by atoms with van der Waals surface area (Å²) in [6, 6.07) is 20.2. The quantitative estimate of drug-likeness (QED) is 0.314. The van der Waals surface area contributed by atoms with E-state index in [2.05, 4.69) is 0 Å². The third-order valence-corrected chi connectivity index (χ3v) is 6.08. The second kappa shape index (κ2) is 12.0. The van der Waals surface area contributed by atoms with Gasteiger partial charge >= 0.3 is 11.9 Å². The summed E-state index contributed by atoms with van der Waals surface area (Å²) in [5, 5.41) is 9.29. The first-order chi connectivity index (χ1) is 16.0. The van der Waals surface area contributed by atoms with Crippen molar-refractivity contribution in [1.29, 1.82) is 0 Å². The van der Waals surface area contributed by atoms with Gasteiger partial charge in [0.15, 0.2) is 11.5 Å². The smallest absolute Gasteiger partial charge is 0.335 e. The average molecular weight is 467 g/mol. The molecule has 7 heteroatoms. The number of carbonyl (C=O) groups excluding carboxylic acids is 1. The van der Waals surface area contributed by atoms with Gasteiger partial charge in [-0.3, -0.25) is 4.79 Å². The van der Waals surface area contributed by atoms with Crippen molar-refractivity contribution in [3.63, 3.8) is 0 Å². The van der Waals surface area contributed by atoms with Crippen LogP contribution in [0.1, 0.15) is 27.0 Å². The fraction of sp³-hybridized carbons (Fsp3) is 0.231. The zero-order valence-electron chi connectivity index (χ0n) is 18.6. The normalized spacial score (nSPS) is 10.5. The Hall–Kier alpha value is -3.45. The molecule has 0 bridgehead atoms. The average Bonchev–Trinajstić information content (AvgIpc) is 2.83. The third-order valence-electron chi connectivity index (χ3n) is 5.02. The number of hydrogen-bond acceptors (Lipinski definition) is 6. The summed E-state index contributed by atoms with van der Waals surface area (Å²) in [6.45, 7) is 0.283. The number of benzene rings is 3. The number of carboxylic acids is 1. The lowest BCUT2D eigenvalue weighted by Gasteiger charge is -2.10. The van der Waals surface area contributed by atoms with Gasteiger partial charge in [-0.1, -0.05) is 36.4 Å². The molecule has 33 heavy (non-hydrogen) atoms. The highest BCUT2D eigenvalue weighted by molar-refractivity contribution is 7.98. The van der Waals surface area contributed by atoms with Crippen molar-refractivity contribution in [2.75, 3.05) is 20.8 Å². The second-order valence-corrected chi connectivity index (χ2v) is 8.28. The molecule has 0 spiro atoms. The maximum absolute atomic E-state index is 12.2. The topological polar surface area (TPSA) is 82.1 Å². The van der Waals surface area contributed by atoms with Gasteiger partial charge in [-0.2, -0.15) is 0 Å². The van der Waals surface area contributed by atoms with Crippen LogP contribution in [0, 0.1) is 0 Å². The highest BCUT2D eigenvalue weighted by Crippen LogP contribution is 2.28. The Kier molecular flexibility index (Phi) is 8.78. The van der Waals surface area contributed by atoms with Gasteiger partial charge in [0.2, 0.25) is 0 Å². The molecular formula is C26H26O6S. The minimum atomic E-state index is -0.925. The van der Waals surface area contributed by atoms with Crippen LogP contribution in [0.5, 0.6) is 11.5 Å². The molecule has 3 aromatic carbocycles. The number of carboxylic acid groups (broad SMARTS) is 1. The van der Waals surface area contributed by atoms with Gasteiger partial charge < -0.3 is 19.3 Å². The number of esters is 1. The van der Waals surface area contributed by atoms with Crippen LogP contribution >= 0.6 is 11.8 Å². The summed E-state index contributed by atoms with van der Waals surface area (Å²) in [6.07, 6.45) is 0.776. The van der Waals surface area contributed by atoms with Crippen molar-refractivity contribution in [2.24, 2.45) is 0 Å². The summed E-state index contributed by atoms with van der Waals surface area (Å²) in [4.78, 5) is 24.5. The number of methoxy groups -OCH3 is 2. The lowest BCUT2D eigenvalue weighted by atomic mass is 10.1. The van der Waals surface area contributed by atoms with Gasteiger partial charge in [0, 0.05) is 17.1 Å². The summed E-state index contributed by atoms with van der Waals surface area (Å²) >= 11 is 1.55. The van der Waals surface area contributed by atoms with Crippen molar-refractivity contribution in [3.05, 3.63) is 89.0 Å². The number of thioether (sulfide) groups is 1. The van der Waals surface area contributed by atoms with E-state index in [-0.39, 0.29) is 19.0 Å². The molecule has 1 N–H and O–H groups in total. The van der Waals surface area contributed by atoms with E-state index in [1.807, 2.05) is 54.6 Å². The van der Waals surface area contributed by atoms with Gasteiger partial charge in [0.1, 0.15) is 0 Å². The van der Waals surface area contributed by atoms with E-state index in [1.54, 1.807) is 38.1 Å². The fourth-order valence-corrected chi connectivity index (χ4v) is 4.16. The number of hydrogen-bond donors (Lipinski definition) is 1. The zero-order valence-corrected chi connectivity index (χ0v) is 19.4. The molecule has 172 valence electrons. The van der Waals surface area contributed by atoms with E-state index in [9.17, 15) is 14.7 Å². The Morgan fingerprint density at radius 3 is 2.27 bits per heavy atom. The van der Waals surface area contributed by atoms with Crippen LogP contribution in [0.4, 0.5) is 0 Å². The Balaban J connectivity index is 1.46. The Bertz CT molecular complexity index is 1090. The largest absolute Gasteiger partial charge is 0.493 e. The first-order valence-electron chi connectivity index (χ1n) is 10.4. The zero-order chi connectivity index (χ0) is 23.6. The van der Waals surface area contributed by atoms with E-state index in [1.165, 1.54) is 0 Å². The lowest BCUT2D eigenvalue weighted by Crippen LogP contribution is -2.10.